The van der Waals surface area contributed by atoms with Crippen molar-refractivity contribution in [3.63, 3.8) is 0 Å². The Bertz CT molecular complexity index is 304. The minimum atomic E-state index is 0.213. The van der Waals surface area contributed by atoms with Gasteiger partial charge in [-0.25, -0.2) is 4.98 Å². The molecule has 0 fully saturated rings. The Morgan fingerprint density at radius 2 is 2.00 bits per heavy atom. The third-order valence-electron chi connectivity index (χ3n) is 1.35. The van der Waals surface area contributed by atoms with E-state index in [0.29, 0.717) is 0 Å². The molecule has 1 aromatic heterocycles. The van der Waals surface area contributed by atoms with Crippen molar-refractivity contribution >= 4 is 27.7 Å². The van der Waals surface area contributed by atoms with Crippen molar-refractivity contribution in [2.75, 3.05) is 0 Å². The van der Waals surface area contributed by atoms with Crippen molar-refractivity contribution in [2.45, 2.75) is 37.5 Å². The lowest BCUT2D eigenvalue weighted by molar-refractivity contribution is 0.798. The van der Waals surface area contributed by atoms with Crippen molar-refractivity contribution in [3.8, 4) is 0 Å². The second-order valence-corrected chi connectivity index (χ2v) is 6.68. The van der Waals surface area contributed by atoms with Gasteiger partial charge in [0.1, 0.15) is 5.03 Å². The first kappa shape index (κ1) is 11.1. The molecule has 0 saturated carbocycles. The van der Waals surface area contributed by atoms with Crippen molar-refractivity contribution in [1.82, 2.24) is 4.98 Å². The van der Waals surface area contributed by atoms with Gasteiger partial charge in [0.2, 0.25) is 0 Å². The van der Waals surface area contributed by atoms with E-state index in [1.54, 1.807) is 11.8 Å². The molecule has 3 heteroatoms. The van der Waals surface area contributed by atoms with Crippen LogP contribution >= 0.6 is 27.7 Å². The Balaban J connectivity index is 2.90. The maximum absolute atomic E-state index is 4.38. The van der Waals surface area contributed by atoms with E-state index in [9.17, 15) is 0 Å². The molecule has 0 aliphatic heterocycles. The molecule has 1 rings (SSSR count). The van der Waals surface area contributed by atoms with Gasteiger partial charge in [0.25, 0.3) is 0 Å². The molecule has 1 aromatic rings. The zero-order valence-electron chi connectivity index (χ0n) is 8.39. The third-order valence-corrected chi connectivity index (χ3v) is 3.34. The maximum atomic E-state index is 4.38. The monoisotopic (exact) mass is 259 g/mol. The number of hydrogen-bond donors (Lipinski definition) is 0. The van der Waals surface area contributed by atoms with E-state index in [-0.39, 0.29) is 4.75 Å². The van der Waals surface area contributed by atoms with Gasteiger partial charge in [-0.05, 0) is 34.5 Å². The van der Waals surface area contributed by atoms with E-state index < -0.39 is 0 Å². The molecule has 0 spiro atoms. The smallest absolute Gasteiger partial charge is 0.111 e. The van der Waals surface area contributed by atoms with Gasteiger partial charge in [0, 0.05) is 10.9 Å². The molecule has 0 bridgehead atoms. The maximum Gasteiger partial charge on any atom is 0.111 e. The lowest BCUT2D eigenvalue weighted by atomic mass is 10.3. The van der Waals surface area contributed by atoms with Crippen LogP contribution in [0, 0.1) is 6.92 Å². The van der Waals surface area contributed by atoms with Gasteiger partial charge in [-0.15, -0.1) is 0 Å². The molecule has 0 N–H and O–H groups in total. The Morgan fingerprint density at radius 1 is 1.38 bits per heavy atom. The van der Waals surface area contributed by atoms with E-state index >= 15 is 0 Å². The number of thioether (sulfide) groups is 1. The number of pyridine rings is 1. The molecule has 0 aromatic carbocycles. The average molecular weight is 260 g/mol. The molecule has 0 saturated heterocycles. The number of aromatic nitrogens is 1. The predicted octanol–water partition coefficient (Wildman–Crippen LogP) is 4.04. The van der Waals surface area contributed by atoms with Crippen LogP contribution in [-0.2, 0) is 0 Å². The van der Waals surface area contributed by atoms with Crippen molar-refractivity contribution < 1.29 is 0 Å². The van der Waals surface area contributed by atoms with Crippen LogP contribution in [0.25, 0.3) is 0 Å². The van der Waals surface area contributed by atoms with Crippen LogP contribution in [0.1, 0.15) is 26.3 Å². The second-order valence-electron chi connectivity index (χ2n) is 4.01. The fourth-order valence-electron chi connectivity index (χ4n) is 0.886. The molecular weight excluding hydrogens is 246 g/mol. The molecule has 13 heavy (non-hydrogen) atoms. The van der Waals surface area contributed by atoms with E-state index in [1.165, 1.54) is 5.56 Å². The minimum Gasteiger partial charge on any atom is -0.248 e. The highest BCUT2D eigenvalue weighted by Crippen LogP contribution is 2.34. The van der Waals surface area contributed by atoms with Crippen LogP contribution in [0.15, 0.2) is 21.8 Å². The Morgan fingerprint density at radius 3 is 2.46 bits per heavy atom. The van der Waals surface area contributed by atoms with E-state index in [2.05, 4.69) is 47.8 Å². The van der Waals surface area contributed by atoms with E-state index in [1.807, 2.05) is 13.1 Å². The number of rotatable bonds is 1. The Kier molecular flexibility index (Phi) is 3.41. The Hall–Kier alpha value is -0.0200. The molecule has 1 nitrogen and oxygen atoms in total. The third kappa shape index (κ3) is 3.69. The summed E-state index contributed by atoms with van der Waals surface area (Å²) in [6.07, 6.45) is 1.90. The molecule has 0 aliphatic rings. The number of nitrogens with zero attached hydrogens (tertiary/aromatic N) is 1. The molecule has 0 radical (unpaired) electrons. The molecule has 0 amide bonds. The number of hydrogen-bond acceptors (Lipinski definition) is 2. The van der Waals surface area contributed by atoms with Crippen molar-refractivity contribution in [3.05, 3.63) is 22.3 Å². The number of halogens is 1. The summed E-state index contributed by atoms with van der Waals surface area (Å²) in [5, 5.41) is 1.07. The summed E-state index contributed by atoms with van der Waals surface area (Å²) >= 11 is 5.29. The summed E-state index contributed by atoms with van der Waals surface area (Å²) in [5.41, 5.74) is 1.19. The summed E-state index contributed by atoms with van der Waals surface area (Å²) in [5.74, 6) is 0. The Labute approximate surface area is 92.5 Å². The van der Waals surface area contributed by atoms with Gasteiger partial charge in [-0.3, -0.25) is 0 Å². The molecule has 0 aliphatic carbocycles. The molecular formula is C10H14BrNS. The standard InChI is InChI=1S/C10H14BrNS/c1-7-5-8(11)9(12-6-7)13-10(2,3)4/h5-6H,1-4H3. The van der Waals surface area contributed by atoms with Gasteiger partial charge in [0.15, 0.2) is 0 Å². The predicted molar refractivity (Wildman–Crippen MR) is 62.3 cm³/mol. The summed E-state index contributed by atoms with van der Waals surface area (Å²) in [4.78, 5) is 4.38. The van der Waals surface area contributed by atoms with E-state index in [4.69, 9.17) is 0 Å². The molecule has 0 atom stereocenters. The van der Waals surface area contributed by atoms with Gasteiger partial charge in [-0.1, -0.05) is 32.5 Å². The van der Waals surface area contributed by atoms with Gasteiger partial charge in [0.05, 0.1) is 4.47 Å². The van der Waals surface area contributed by atoms with Gasteiger partial charge < -0.3 is 0 Å². The lowest BCUT2D eigenvalue weighted by Crippen LogP contribution is -2.07. The average Bonchev–Trinajstić information content (AvgIpc) is 1.93. The van der Waals surface area contributed by atoms with Crippen LogP contribution in [0.3, 0.4) is 0 Å². The first-order valence-electron chi connectivity index (χ1n) is 4.20. The highest BCUT2D eigenvalue weighted by molar-refractivity contribution is 9.10. The van der Waals surface area contributed by atoms with Crippen LogP contribution in [0.4, 0.5) is 0 Å². The number of aryl methyl sites for hydroxylation is 1. The van der Waals surface area contributed by atoms with Crippen LogP contribution in [0.5, 0.6) is 0 Å². The topological polar surface area (TPSA) is 12.9 Å². The zero-order chi connectivity index (χ0) is 10.1. The van der Waals surface area contributed by atoms with Crippen molar-refractivity contribution in [2.24, 2.45) is 0 Å². The van der Waals surface area contributed by atoms with Gasteiger partial charge >= 0.3 is 0 Å². The summed E-state index contributed by atoms with van der Waals surface area (Å²) in [6.45, 7) is 8.60. The van der Waals surface area contributed by atoms with Crippen LogP contribution in [-0.4, -0.2) is 9.73 Å². The highest BCUT2D eigenvalue weighted by Gasteiger charge is 2.14. The highest BCUT2D eigenvalue weighted by atomic mass is 79.9. The molecule has 72 valence electrons. The second kappa shape index (κ2) is 4.01. The van der Waals surface area contributed by atoms with E-state index in [0.717, 1.165) is 9.50 Å². The van der Waals surface area contributed by atoms with Gasteiger partial charge in [-0.2, -0.15) is 0 Å². The molecule has 0 unspecified atom stereocenters. The van der Waals surface area contributed by atoms with Crippen LogP contribution in [0.2, 0.25) is 0 Å². The fourth-order valence-corrected chi connectivity index (χ4v) is 2.43. The summed E-state index contributed by atoms with van der Waals surface area (Å²) in [6, 6.07) is 2.10. The minimum absolute atomic E-state index is 0.213. The summed E-state index contributed by atoms with van der Waals surface area (Å²) < 4.78 is 1.30. The zero-order valence-corrected chi connectivity index (χ0v) is 10.8. The largest absolute Gasteiger partial charge is 0.248 e. The lowest BCUT2D eigenvalue weighted by Gasteiger charge is -2.17. The first-order valence-corrected chi connectivity index (χ1v) is 5.80. The quantitative estimate of drug-likeness (QED) is 0.707. The normalized spacial score (nSPS) is 11.8. The first-order chi connectivity index (χ1) is 5.88. The summed E-state index contributed by atoms with van der Waals surface area (Å²) in [7, 11) is 0. The van der Waals surface area contributed by atoms with Crippen molar-refractivity contribution in [1.29, 1.82) is 0 Å². The SMILES string of the molecule is Cc1cnc(SC(C)(C)C)c(Br)c1. The van der Waals surface area contributed by atoms with Crippen LogP contribution < -0.4 is 0 Å². The molecule has 1 heterocycles. The fraction of sp³-hybridized carbons (Fsp3) is 0.500.